The van der Waals surface area contributed by atoms with Crippen LogP contribution in [0.25, 0.3) is 0 Å². The summed E-state index contributed by atoms with van der Waals surface area (Å²) >= 11 is 0. The zero-order chi connectivity index (χ0) is 16.4. The van der Waals surface area contributed by atoms with Gasteiger partial charge >= 0.3 is 0 Å². The highest BCUT2D eigenvalue weighted by Crippen LogP contribution is 2.24. The third-order valence-electron chi connectivity index (χ3n) is 4.94. The molecule has 7 heteroatoms. The first-order valence-corrected chi connectivity index (χ1v) is 8.65. The summed E-state index contributed by atoms with van der Waals surface area (Å²) < 4.78 is 1.80. The van der Waals surface area contributed by atoms with Crippen LogP contribution in [0.5, 0.6) is 0 Å². The minimum absolute atomic E-state index is 0.0265. The molecule has 0 aromatic carbocycles. The second-order valence-corrected chi connectivity index (χ2v) is 6.51. The Balaban J connectivity index is 1.51. The first-order valence-electron chi connectivity index (χ1n) is 8.65. The van der Waals surface area contributed by atoms with Crippen LogP contribution in [0, 0.1) is 0 Å². The average molecular weight is 326 g/mol. The van der Waals surface area contributed by atoms with Gasteiger partial charge in [-0.05, 0) is 37.8 Å². The molecule has 2 fully saturated rings. The molecule has 0 bridgehead atoms. The zero-order valence-electron chi connectivity index (χ0n) is 13.7. The fourth-order valence-electron chi connectivity index (χ4n) is 3.69. The van der Waals surface area contributed by atoms with E-state index in [4.69, 9.17) is 0 Å². The van der Waals surface area contributed by atoms with Crippen molar-refractivity contribution in [3.63, 3.8) is 0 Å². The van der Waals surface area contributed by atoms with Crippen LogP contribution >= 0.6 is 0 Å². The number of likely N-dealkylation sites (tertiary alicyclic amines) is 1. The van der Waals surface area contributed by atoms with E-state index in [-0.39, 0.29) is 11.9 Å². The van der Waals surface area contributed by atoms with E-state index in [9.17, 15) is 4.79 Å². The number of nitrogens with zero attached hydrogens (tertiary/aromatic N) is 6. The molecule has 0 aliphatic carbocycles. The molecule has 24 heavy (non-hydrogen) atoms. The number of carbonyl (C=O) groups is 1. The van der Waals surface area contributed by atoms with Gasteiger partial charge in [-0.1, -0.05) is 0 Å². The van der Waals surface area contributed by atoms with Gasteiger partial charge in [-0.25, -0.2) is 4.98 Å². The van der Waals surface area contributed by atoms with Gasteiger partial charge in [0.25, 0.3) is 5.91 Å². The van der Waals surface area contributed by atoms with E-state index in [1.165, 1.54) is 19.2 Å². The lowest BCUT2D eigenvalue weighted by Crippen LogP contribution is -2.38. The van der Waals surface area contributed by atoms with E-state index in [0.717, 1.165) is 38.2 Å². The van der Waals surface area contributed by atoms with E-state index >= 15 is 0 Å². The average Bonchev–Trinajstić information content (AvgIpc) is 3.37. The van der Waals surface area contributed by atoms with Crippen molar-refractivity contribution in [3.05, 3.63) is 36.7 Å². The van der Waals surface area contributed by atoms with Crippen molar-refractivity contribution in [2.24, 2.45) is 0 Å². The predicted octanol–water partition coefficient (Wildman–Crippen LogP) is 1.58. The first kappa shape index (κ1) is 15.1. The summed E-state index contributed by atoms with van der Waals surface area (Å²) in [4.78, 5) is 25.5. The molecule has 1 atom stereocenters. The smallest absolute Gasteiger partial charge is 0.272 e. The van der Waals surface area contributed by atoms with Gasteiger partial charge in [-0.2, -0.15) is 5.10 Å². The van der Waals surface area contributed by atoms with Crippen molar-refractivity contribution in [3.8, 4) is 0 Å². The van der Waals surface area contributed by atoms with Crippen LogP contribution in [0.2, 0.25) is 0 Å². The molecule has 2 aromatic heterocycles. The molecule has 0 radical (unpaired) electrons. The lowest BCUT2D eigenvalue weighted by molar-refractivity contribution is 0.0715. The van der Waals surface area contributed by atoms with Gasteiger partial charge in [0.1, 0.15) is 18.3 Å². The highest BCUT2D eigenvalue weighted by atomic mass is 16.2. The fourth-order valence-corrected chi connectivity index (χ4v) is 3.69. The van der Waals surface area contributed by atoms with Crippen molar-refractivity contribution in [1.29, 1.82) is 0 Å². The minimum Gasteiger partial charge on any atom is -0.371 e. The zero-order valence-corrected chi connectivity index (χ0v) is 13.7. The summed E-state index contributed by atoms with van der Waals surface area (Å²) in [5.41, 5.74) is 1.66. The highest BCUT2D eigenvalue weighted by Gasteiger charge is 2.30. The molecule has 7 nitrogen and oxygen atoms in total. The molecular formula is C17H22N6O. The van der Waals surface area contributed by atoms with Gasteiger partial charge in [-0.3, -0.25) is 14.5 Å². The summed E-state index contributed by atoms with van der Waals surface area (Å²) in [5.74, 6) is 0.0265. The maximum absolute atomic E-state index is 13.0. The summed E-state index contributed by atoms with van der Waals surface area (Å²) in [6, 6.07) is 4.11. The van der Waals surface area contributed by atoms with Crippen LogP contribution in [-0.4, -0.2) is 56.2 Å². The largest absolute Gasteiger partial charge is 0.371 e. The number of amides is 1. The second-order valence-electron chi connectivity index (χ2n) is 6.51. The second kappa shape index (κ2) is 6.59. The predicted molar refractivity (Wildman–Crippen MR) is 89.8 cm³/mol. The van der Waals surface area contributed by atoms with E-state index in [1.807, 2.05) is 17.0 Å². The topological polar surface area (TPSA) is 67.2 Å². The first-order chi connectivity index (χ1) is 11.8. The highest BCUT2D eigenvalue weighted by molar-refractivity contribution is 5.93. The quantitative estimate of drug-likeness (QED) is 0.853. The Hall–Kier alpha value is -2.44. The molecular weight excluding hydrogens is 304 g/mol. The van der Waals surface area contributed by atoms with E-state index in [0.29, 0.717) is 12.2 Å². The Bertz CT molecular complexity index is 695. The number of aromatic nitrogens is 4. The number of hydrogen-bond donors (Lipinski definition) is 0. The fraction of sp³-hybridized carbons (Fsp3) is 0.529. The van der Waals surface area contributed by atoms with E-state index in [2.05, 4.69) is 20.0 Å². The van der Waals surface area contributed by atoms with Crippen LogP contribution in [0.4, 0.5) is 5.69 Å². The maximum atomic E-state index is 13.0. The molecule has 126 valence electrons. The van der Waals surface area contributed by atoms with Crippen molar-refractivity contribution in [2.75, 3.05) is 24.5 Å². The van der Waals surface area contributed by atoms with Crippen LogP contribution in [0.15, 0.2) is 31.0 Å². The van der Waals surface area contributed by atoms with Gasteiger partial charge in [0.05, 0.1) is 12.6 Å². The Kier molecular flexibility index (Phi) is 4.15. The van der Waals surface area contributed by atoms with Crippen LogP contribution in [-0.2, 0) is 6.54 Å². The normalized spacial score (nSPS) is 20.8. The number of hydrogen-bond acceptors (Lipinski definition) is 5. The summed E-state index contributed by atoms with van der Waals surface area (Å²) in [6.45, 7) is 3.61. The summed E-state index contributed by atoms with van der Waals surface area (Å²) in [6.07, 6.45) is 9.45. The molecule has 1 amide bonds. The minimum atomic E-state index is 0.0265. The monoisotopic (exact) mass is 326 g/mol. The van der Waals surface area contributed by atoms with Gasteiger partial charge < -0.3 is 9.80 Å². The molecule has 0 N–H and O–H groups in total. The van der Waals surface area contributed by atoms with Crippen molar-refractivity contribution in [1.82, 2.24) is 24.6 Å². The Morgan fingerprint density at radius 1 is 1.21 bits per heavy atom. The third kappa shape index (κ3) is 2.98. The lowest BCUT2D eigenvalue weighted by atomic mass is 10.2. The Morgan fingerprint density at radius 3 is 2.88 bits per heavy atom. The van der Waals surface area contributed by atoms with Gasteiger partial charge in [0.15, 0.2) is 0 Å². The number of anilines is 1. The molecule has 0 spiro atoms. The van der Waals surface area contributed by atoms with Gasteiger partial charge in [0, 0.05) is 31.5 Å². The molecule has 2 aliphatic heterocycles. The summed E-state index contributed by atoms with van der Waals surface area (Å²) in [5, 5.41) is 4.16. The Morgan fingerprint density at radius 2 is 2.08 bits per heavy atom. The van der Waals surface area contributed by atoms with Crippen LogP contribution in [0.1, 0.15) is 36.2 Å². The molecule has 2 aliphatic rings. The lowest BCUT2D eigenvalue weighted by Gasteiger charge is -2.25. The molecule has 4 rings (SSSR count). The number of rotatable bonds is 4. The number of carbonyl (C=O) groups excluding carboxylic acids is 1. The maximum Gasteiger partial charge on any atom is 0.272 e. The van der Waals surface area contributed by atoms with Gasteiger partial charge in [0.2, 0.25) is 0 Å². The third-order valence-corrected chi connectivity index (χ3v) is 4.94. The molecule has 2 aromatic rings. The molecule has 1 unspecified atom stereocenters. The van der Waals surface area contributed by atoms with Crippen molar-refractivity contribution < 1.29 is 4.79 Å². The van der Waals surface area contributed by atoms with Gasteiger partial charge in [-0.15, -0.1) is 0 Å². The van der Waals surface area contributed by atoms with Crippen molar-refractivity contribution in [2.45, 2.75) is 38.3 Å². The number of pyridine rings is 1. The molecule has 4 heterocycles. The summed E-state index contributed by atoms with van der Waals surface area (Å²) in [7, 11) is 0. The van der Waals surface area contributed by atoms with E-state index in [1.54, 1.807) is 17.2 Å². The van der Waals surface area contributed by atoms with Crippen LogP contribution < -0.4 is 4.90 Å². The van der Waals surface area contributed by atoms with E-state index < -0.39 is 0 Å². The molecule has 0 saturated carbocycles. The Labute approximate surface area is 141 Å². The SMILES string of the molecule is O=C(c1cc(N2CCCC2)ccn1)N1CCCC1Cn1cncn1. The standard InChI is InChI=1S/C17H22N6O/c24-17(16-10-14(5-6-19-16)21-7-1-2-8-21)23-9-3-4-15(23)11-22-13-18-12-20-22/h5-6,10,12-13,15H,1-4,7-9,11H2. The molecule has 2 saturated heterocycles. The van der Waals surface area contributed by atoms with Crippen molar-refractivity contribution >= 4 is 11.6 Å². The van der Waals surface area contributed by atoms with Crippen LogP contribution in [0.3, 0.4) is 0 Å².